The summed E-state index contributed by atoms with van der Waals surface area (Å²) in [7, 11) is 1.82. The molecule has 1 heterocycles. The quantitative estimate of drug-likeness (QED) is 0.655. The van der Waals surface area contributed by atoms with Crippen molar-refractivity contribution < 1.29 is 4.79 Å². The van der Waals surface area contributed by atoms with Crippen molar-refractivity contribution in [1.82, 2.24) is 4.90 Å². The van der Waals surface area contributed by atoms with Crippen LogP contribution in [0.5, 0.6) is 0 Å². The number of fused-ring (bicyclic) bond motifs is 2. The summed E-state index contributed by atoms with van der Waals surface area (Å²) < 4.78 is 0. The molecule has 2 aromatic rings. The number of benzene rings is 2. The number of hydrogen-bond donors (Lipinski definition) is 0. The largest absolute Gasteiger partial charge is 0.337 e. The zero-order chi connectivity index (χ0) is 13.2. The molecule has 2 aromatic carbocycles. The number of carbonyl (C=O) groups excluding carboxylic acids is 1. The number of amides is 1. The lowest BCUT2D eigenvalue weighted by molar-refractivity contribution is 0.0785. The van der Waals surface area contributed by atoms with Crippen LogP contribution < -0.4 is 0 Å². The van der Waals surface area contributed by atoms with E-state index in [1.807, 2.05) is 55.6 Å². The van der Waals surface area contributed by atoms with Crippen LogP contribution in [0.2, 0.25) is 0 Å². The van der Waals surface area contributed by atoms with Crippen LogP contribution in [-0.4, -0.2) is 17.9 Å². The molecule has 2 heteroatoms. The molecular weight excluding hydrogens is 234 g/mol. The first-order valence-electron chi connectivity index (χ1n) is 6.20. The van der Waals surface area contributed by atoms with Crippen LogP contribution in [0, 0.1) is 11.8 Å². The highest BCUT2D eigenvalue weighted by molar-refractivity contribution is 5.96. The van der Waals surface area contributed by atoms with Gasteiger partial charge < -0.3 is 4.90 Å². The Balaban J connectivity index is 2.22. The first kappa shape index (κ1) is 11.6. The summed E-state index contributed by atoms with van der Waals surface area (Å²) in [6.07, 6.45) is 0. The van der Waals surface area contributed by atoms with Crippen molar-refractivity contribution in [2.75, 3.05) is 7.05 Å². The smallest absolute Gasteiger partial charge is 0.255 e. The Morgan fingerprint density at radius 2 is 1.58 bits per heavy atom. The predicted molar refractivity (Wildman–Crippen MR) is 74.7 cm³/mol. The average Bonchev–Trinajstić information content (AvgIpc) is 2.50. The van der Waals surface area contributed by atoms with E-state index in [0.717, 1.165) is 16.7 Å². The fourth-order valence-corrected chi connectivity index (χ4v) is 2.23. The number of hydrogen-bond acceptors (Lipinski definition) is 1. The van der Waals surface area contributed by atoms with Crippen molar-refractivity contribution >= 4 is 5.91 Å². The molecule has 0 saturated heterocycles. The second kappa shape index (κ2) is 4.62. The number of rotatable bonds is 0. The average molecular weight is 247 g/mol. The molecule has 1 amide bonds. The van der Waals surface area contributed by atoms with Gasteiger partial charge in [-0.25, -0.2) is 0 Å². The monoisotopic (exact) mass is 247 g/mol. The van der Waals surface area contributed by atoms with E-state index in [-0.39, 0.29) is 5.91 Å². The molecule has 0 aliphatic carbocycles. The van der Waals surface area contributed by atoms with Gasteiger partial charge in [-0.3, -0.25) is 4.79 Å². The van der Waals surface area contributed by atoms with E-state index in [2.05, 4.69) is 11.8 Å². The highest BCUT2D eigenvalue weighted by atomic mass is 16.2. The molecule has 19 heavy (non-hydrogen) atoms. The second-order valence-corrected chi connectivity index (χ2v) is 4.61. The van der Waals surface area contributed by atoms with E-state index in [0.29, 0.717) is 12.1 Å². The van der Waals surface area contributed by atoms with Crippen LogP contribution in [0.15, 0.2) is 48.5 Å². The minimum absolute atomic E-state index is 0.0154. The lowest BCUT2D eigenvalue weighted by Gasteiger charge is -2.18. The second-order valence-electron chi connectivity index (χ2n) is 4.61. The van der Waals surface area contributed by atoms with Gasteiger partial charge in [-0.05, 0) is 23.8 Å². The van der Waals surface area contributed by atoms with Crippen molar-refractivity contribution in [3.05, 3.63) is 70.8 Å². The Labute approximate surface area is 112 Å². The van der Waals surface area contributed by atoms with Crippen molar-refractivity contribution in [3.8, 4) is 11.8 Å². The number of carbonyl (C=O) groups is 1. The molecule has 1 aliphatic rings. The summed E-state index contributed by atoms with van der Waals surface area (Å²) in [6.45, 7) is 0.581. The summed E-state index contributed by atoms with van der Waals surface area (Å²) in [5, 5.41) is 0. The van der Waals surface area contributed by atoms with Gasteiger partial charge in [-0.2, -0.15) is 0 Å². The van der Waals surface area contributed by atoms with Crippen LogP contribution in [-0.2, 0) is 6.54 Å². The maximum atomic E-state index is 12.4. The van der Waals surface area contributed by atoms with E-state index in [1.165, 1.54) is 0 Å². The zero-order valence-corrected chi connectivity index (χ0v) is 10.7. The van der Waals surface area contributed by atoms with Gasteiger partial charge in [-0.15, -0.1) is 0 Å². The molecule has 0 unspecified atom stereocenters. The maximum absolute atomic E-state index is 12.4. The Bertz CT molecular complexity index is 706. The molecule has 1 aliphatic heterocycles. The highest BCUT2D eigenvalue weighted by Gasteiger charge is 2.17. The molecule has 92 valence electrons. The molecule has 0 fully saturated rings. The summed E-state index contributed by atoms with van der Waals surface area (Å²) >= 11 is 0. The fraction of sp³-hybridized carbons (Fsp3) is 0.118. The molecule has 0 aromatic heterocycles. The fourth-order valence-electron chi connectivity index (χ4n) is 2.23. The van der Waals surface area contributed by atoms with Gasteiger partial charge in [-0.1, -0.05) is 42.2 Å². The third-order valence-electron chi connectivity index (χ3n) is 3.26. The van der Waals surface area contributed by atoms with E-state index in [4.69, 9.17) is 0 Å². The Hall–Kier alpha value is -2.53. The third-order valence-corrected chi connectivity index (χ3v) is 3.26. The molecule has 0 bridgehead atoms. The van der Waals surface area contributed by atoms with Gasteiger partial charge in [0.2, 0.25) is 0 Å². The first-order chi connectivity index (χ1) is 9.25. The molecule has 2 nitrogen and oxygen atoms in total. The predicted octanol–water partition coefficient (Wildman–Crippen LogP) is 2.67. The van der Waals surface area contributed by atoms with Crippen LogP contribution in [0.25, 0.3) is 0 Å². The van der Waals surface area contributed by atoms with Crippen molar-refractivity contribution in [3.63, 3.8) is 0 Å². The van der Waals surface area contributed by atoms with E-state index >= 15 is 0 Å². The van der Waals surface area contributed by atoms with Gasteiger partial charge in [0, 0.05) is 24.7 Å². The Kier molecular flexibility index (Phi) is 2.81. The molecule has 0 radical (unpaired) electrons. The standard InChI is InChI=1S/C17H13NO/c1-18-12-15-8-3-2-6-13(15)10-11-14-7-4-5-9-16(14)17(18)19/h2-9H,12H2,1H3. The van der Waals surface area contributed by atoms with E-state index < -0.39 is 0 Å². The summed E-state index contributed by atoms with van der Waals surface area (Å²) in [5.74, 6) is 6.30. The van der Waals surface area contributed by atoms with Gasteiger partial charge in [0.05, 0.1) is 5.56 Å². The minimum atomic E-state index is 0.0154. The highest BCUT2D eigenvalue weighted by Crippen LogP contribution is 2.17. The van der Waals surface area contributed by atoms with Crippen molar-refractivity contribution in [2.45, 2.75) is 6.54 Å². The normalized spacial score (nSPS) is 13.3. The molecule has 0 N–H and O–H groups in total. The van der Waals surface area contributed by atoms with Gasteiger partial charge in [0.1, 0.15) is 0 Å². The minimum Gasteiger partial charge on any atom is -0.337 e. The van der Waals surface area contributed by atoms with Gasteiger partial charge >= 0.3 is 0 Å². The van der Waals surface area contributed by atoms with E-state index in [1.54, 1.807) is 4.90 Å². The maximum Gasteiger partial charge on any atom is 0.255 e. The summed E-state index contributed by atoms with van der Waals surface area (Å²) in [5.41, 5.74) is 3.53. The molecular formula is C17H13NO. The van der Waals surface area contributed by atoms with Crippen LogP contribution in [0.3, 0.4) is 0 Å². The number of nitrogens with zero attached hydrogens (tertiary/aromatic N) is 1. The molecule has 3 rings (SSSR count). The van der Waals surface area contributed by atoms with Crippen LogP contribution in [0.1, 0.15) is 27.0 Å². The van der Waals surface area contributed by atoms with Crippen LogP contribution >= 0.6 is 0 Å². The summed E-state index contributed by atoms with van der Waals surface area (Å²) in [6, 6.07) is 15.5. The SMILES string of the molecule is CN1Cc2ccccc2C#Cc2ccccc2C1=O. The molecule has 0 atom stereocenters. The molecule has 0 spiro atoms. The zero-order valence-electron chi connectivity index (χ0n) is 10.7. The molecule has 0 saturated carbocycles. The lowest BCUT2D eigenvalue weighted by atomic mass is 10.1. The Morgan fingerprint density at radius 1 is 0.947 bits per heavy atom. The van der Waals surface area contributed by atoms with Crippen molar-refractivity contribution in [2.24, 2.45) is 0 Å². The van der Waals surface area contributed by atoms with Gasteiger partial charge in [0.25, 0.3) is 5.91 Å². The topological polar surface area (TPSA) is 20.3 Å². The third kappa shape index (κ3) is 2.11. The van der Waals surface area contributed by atoms with Crippen LogP contribution in [0.4, 0.5) is 0 Å². The van der Waals surface area contributed by atoms with Gasteiger partial charge in [0.15, 0.2) is 0 Å². The lowest BCUT2D eigenvalue weighted by Crippen LogP contribution is -2.26. The first-order valence-corrected chi connectivity index (χ1v) is 6.20. The Morgan fingerprint density at radius 3 is 2.42 bits per heavy atom. The van der Waals surface area contributed by atoms with Crippen molar-refractivity contribution in [1.29, 1.82) is 0 Å². The summed E-state index contributed by atoms with van der Waals surface area (Å²) in [4.78, 5) is 14.1. The van der Waals surface area contributed by atoms with E-state index in [9.17, 15) is 4.79 Å².